The van der Waals surface area contributed by atoms with Gasteiger partial charge in [-0.2, -0.15) is 5.10 Å². The molecule has 0 saturated heterocycles. The van der Waals surface area contributed by atoms with E-state index in [1.54, 1.807) is 12.1 Å². The summed E-state index contributed by atoms with van der Waals surface area (Å²) in [6.07, 6.45) is -4.66. The summed E-state index contributed by atoms with van der Waals surface area (Å²) >= 11 is 0. The lowest BCUT2D eigenvalue weighted by Gasteiger charge is -2.09. The van der Waals surface area contributed by atoms with Crippen molar-refractivity contribution in [2.24, 2.45) is 0 Å². The molecule has 0 amide bonds. The fraction of sp³-hybridized carbons (Fsp3) is 0.250. The highest BCUT2D eigenvalue weighted by atomic mass is 19.4. The molecule has 0 fully saturated rings. The van der Waals surface area contributed by atoms with Crippen LogP contribution in [-0.4, -0.2) is 16.6 Å². The van der Waals surface area contributed by atoms with E-state index in [2.05, 4.69) is 14.9 Å². The predicted octanol–water partition coefficient (Wildman–Crippen LogP) is 3.59. The number of rotatable bonds is 2. The lowest BCUT2D eigenvalue weighted by Crippen LogP contribution is -2.16. The first-order valence-corrected chi connectivity index (χ1v) is 5.24. The third-order valence-electron chi connectivity index (χ3n) is 2.50. The van der Waals surface area contributed by atoms with Crippen LogP contribution in [0, 0.1) is 13.8 Å². The van der Waals surface area contributed by atoms with E-state index in [1.807, 2.05) is 13.8 Å². The minimum Gasteiger partial charge on any atom is -0.406 e. The standard InChI is InChI=1S/C12H11F3N2O/c1-7-11(8(2)17-16-7)9-3-5-10(6-4-9)18-12(13,14)15/h3-6H,1-2H3,(H,16,17). The Bertz CT molecular complexity index is 524. The van der Waals surface area contributed by atoms with Crippen molar-refractivity contribution >= 4 is 0 Å². The molecule has 0 saturated carbocycles. The van der Waals surface area contributed by atoms with Crippen molar-refractivity contribution in [2.45, 2.75) is 20.2 Å². The van der Waals surface area contributed by atoms with Gasteiger partial charge in [-0.1, -0.05) is 12.1 Å². The molecule has 18 heavy (non-hydrogen) atoms. The monoisotopic (exact) mass is 256 g/mol. The number of nitrogens with zero attached hydrogens (tertiary/aromatic N) is 1. The first kappa shape index (κ1) is 12.5. The van der Waals surface area contributed by atoms with Crippen LogP contribution in [0.3, 0.4) is 0 Å². The van der Waals surface area contributed by atoms with Gasteiger partial charge in [0.25, 0.3) is 0 Å². The molecule has 96 valence electrons. The molecule has 1 aromatic carbocycles. The Morgan fingerprint density at radius 3 is 2.17 bits per heavy atom. The van der Waals surface area contributed by atoms with Gasteiger partial charge in [0, 0.05) is 11.3 Å². The maximum Gasteiger partial charge on any atom is 0.573 e. The van der Waals surface area contributed by atoms with Crippen molar-refractivity contribution in [3.8, 4) is 16.9 Å². The van der Waals surface area contributed by atoms with Crippen molar-refractivity contribution in [1.82, 2.24) is 10.2 Å². The van der Waals surface area contributed by atoms with E-state index in [-0.39, 0.29) is 5.75 Å². The van der Waals surface area contributed by atoms with Gasteiger partial charge in [-0.25, -0.2) is 0 Å². The number of halogens is 3. The molecule has 2 rings (SSSR count). The average Bonchev–Trinajstić information content (AvgIpc) is 2.58. The number of alkyl halides is 3. The van der Waals surface area contributed by atoms with Crippen LogP contribution in [0.2, 0.25) is 0 Å². The maximum absolute atomic E-state index is 12.0. The highest BCUT2D eigenvalue weighted by molar-refractivity contribution is 5.68. The smallest absolute Gasteiger partial charge is 0.406 e. The van der Waals surface area contributed by atoms with Gasteiger partial charge in [-0.3, -0.25) is 5.10 Å². The van der Waals surface area contributed by atoms with Gasteiger partial charge in [0.05, 0.1) is 5.69 Å². The SMILES string of the molecule is Cc1n[nH]c(C)c1-c1ccc(OC(F)(F)F)cc1. The largest absolute Gasteiger partial charge is 0.573 e. The van der Waals surface area contributed by atoms with Gasteiger partial charge >= 0.3 is 6.36 Å². The van der Waals surface area contributed by atoms with E-state index in [1.165, 1.54) is 12.1 Å². The quantitative estimate of drug-likeness (QED) is 0.891. The summed E-state index contributed by atoms with van der Waals surface area (Å²) in [7, 11) is 0. The Balaban J connectivity index is 2.28. The second-order valence-corrected chi connectivity index (χ2v) is 3.88. The number of H-pyrrole nitrogens is 1. The zero-order chi connectivity index (χ0) is 13.3. The Morgan fingerprint density at radius 2 is 1.72 bits per heavy atom. The van der Waals surface area contributed by atoms with E-state index < -0.39 is 6.36 Å². The molecule has 0 aliphatic carbocycles. The Hall–Kier alpha value is -1.98. The van der Waals surface area contributed by atoms with Crippen LogP contribution in [0.15, 0.2) is 24.3 Å². The molecule has 0 aliphatic rings. The fourth-order valence-electron chi connectivity index (χ4n) is 1.80. The summed E-state index contributed by atoms with van der Waals surface area (Å²) in [6, 6.07) is 5.72. The topological polar surface area (TPSA) is 37.9 Å². The molecule has 0 spiro atoms. The first-order chi connectivity index (χ1) is 8.37. The second-order valence-electron chi connectivity index (χ2n) is 3.88. The minimum absolute atomic E-state index is 0.231. The second kappa shape index (κ2) is 4.36. The van der Waals surface area contributed by atoms with Crippen molar-refractivity contribution in [3.63, 3.8) is 0 Å². The number of aromatic nitrogens is 2. The molecule has 0 bridgehead atoms. The summed E-state index contributed by atoms with van der Waals surface area (Å²) in [5.74, 6) is -0.231. The number of nitrogens with one attached hydrogen (secondary N) is 1. The normalized spacial score (nSPS) is 11.6. The zero-order valence-electron chi connectivity index (χ0n) is 9.80. The molecule has 6 heteroatoms. The Kier molecular flexibility index (Phi) is 3.02. The van der Waals surface area contributed by atoms with Crippen molar-refractivity contribution < 1.29 is 17.9 Å². The van der Waals surface area contributed by atoms with E-state index in [9.17, 15) is 13.2 Å². The number of aryl methyl sites for hydroxylation is 2. The number of hydrogen-bond acceptors (Lipinski definition) is 2. The Labute approximate surface area is 102 Å². The van der Waals surface area contributed by atoms with Gasteiger partial charge in [0.15, 0.2) is 0 Å². The number of hydrogen-bond donors (Lipinski definition) is 1. The van der Waals surface area contributed by atoms with Gasteiger partial charge in [0.1, 0.15) is 5.75 Å². The van der Waals surface area contributed by atoms with Crippen LogP contribution >= 0.6 is 0 Å². The van der Waals surface area contributed by atoms with Gasteiger partial charge in [0.2, 0.25) is 0 Å². The van der Waals surface area contributed by atoms with E-state index >= 15 is 0 Å². The Morgan fingerprint density at radius 1 is 1.11 bits per heavy atom. The fourth-order valence-corrected chi connectivity index (χ4v) is 1.80. The van der Waals surface area contributed by atoms with Crippen molar-refractivity contribution in [1.29, 1.82) is 0 Å². The summed E-state index contributed by atoms with van der Waals surface area (Å²) in [5.41, 5.74) is 3.37. The molecule has 3 nitrogen and oxygen atoms in total. The maximum atomic E-state index is 12.0. The van der Waals surface area contributed by atoms with Gasteiger partial charge in [-0.05, 0) is 31.5 Å². The zero-order valence-corrected chi connectivity index (χ0v) is 9.80. The third-order valence-corrected chi connectivity index (χ3v) is 2.50. The van der Waals surface area contributed by atoms with Crippen molar-refractivity contribution in [3.05, 3.63) is 35.7 Å². The first-order valence-electron chi connectivity index (χ1n) is 5.24. The summed E-state index contributed by atoms with van der Waals surface area (Å²) < 4.78 is 39.8. The molecule has 2 aromatic rings. The number of aromatic amines is 1. The molecule has 1 aromatic heterocycles. The molecular formula is C12H11F3N2O. The highest BCUT2D eigenvalue weighted by Crippen LogP contribution is 2.29. The highest BCUT2D eigenvalue weighted by Gasteiger charge is 2.31. The molecule has 1 heterocycles. The van der Waals surface area contributed by atoms with Gasteiger partial charge in [-0.15, -0.1) is 13.2 Å². The summed E-state index contributed by atoms with van der Waals surface area (Å²) in [5, 5.41) is 6.87. The molecule has 0 radical (unpaired) electrons. The molecule has 0 atom stereocenters. The molecule has 1 N–H and O–H groups in total. The van der Waals surface area contributed by atoms with Gasteiger partial charge < -0.3 is 4.74 Å². The van der Waals surface area contributed by atoms with E-state index in [4.69, 9.17) is 0 Å². The summed E-state index contributed by atoms with van der Waals surface area (Å²) in [6.45, 7) is 3.69. The molecule has 0 unspecified atom stereocenters. The average molecular weight is 256 g/mol. The molecular weight excluding hydrogens is 245 g/mol. The lowest BCUT2D eigenvalue weighted by atomic mass is 10.0. The van der Waals surface area contributed by atoms with Crippen LogP contribution in [0.25, 0.3) is 11.1 Å². The van der Waals surface area contributed by atoms with Crippen molar-refractivity contribution in [2.75, 3.05) is 0 Å². The van der Waals surface area contributed by atoms with E-state index in [0.29, 0.717) is 0 Å². The van der Waals surface area contributed by atoms with Crippen LogP contribution < -0.4 is 4.74 Å². The minimum atomic E-state index is -4.66. The molecule has 0 aliphatic heterocycles. The summed E-state index contributed by atoms with van der Waals surface area (Å²) in [4.78, 5) is 0. The van der Waals surface area contributed by atoms with Crippen LogP contribution in [-0.2, 0) is 0 Å². The third kappa shape index (κ3) is 2.64. The van der Waals surface area contributed by atoms with E-state index in [0.717, 1.165) is 22.5 Å². The lowest BCUT2D eigenvalue weighted by molar-refractivity contribution is -0.274. The van der Waals surface area contributed by atoms with Crippen LogP contribution in [0.5, 0.6) is 5.75 Å². The predicted molar refractivity (Wildman–Crippen MR) is 60.2 cm³/mol. The van der Waals surface area contributed by atoms with Crippen LogP contribution in [0.4, 0.5) is 13.2 Å². The number of benzene rings is 1. The number of ether oxygens (including phenoxy) is 1. The van der Waals surface area contributed by atoms with Crippen LogP contribution in [0.1, 0.15) is 11.4 Å².